The number of aromatic nitrogens is 1. The Labute approximate surface area is 91.9 Å². The Kier molecular flexibility index (Phi) is 2.20. The summed E-state index contributed by atoms with van der Waals surface area (Å²) in [6.07, 6.45) is 0. The fraction of sp³-hybridized carbons (Fsp3) is 0.182. The summed E-state index contributed by atoms with van der Waals surface area (Å²) in [4.78, 5) is 10.9. The number of carboxylic acid groups (broad SMARTS) is 1. The molecule has 0 aliphatic heterocycles. The molecule has 0 saturated heterocycles. The van der Waals surface area contributed by atoms with E-state index in [0.29, 0.717) is 0 Å². The number of benzene rings is 1. The summed E-state index contributed by atoms with van der Waals surface area (Å²) < 4.78 is 1.94. The molecule has 0 fully saturated rings. The molecule has 0 aliphatic rings. The molecule has 1 aromatic heterocycles. The lowest BCUT2D eigenvalue weighted by molar-refractivity contribution is 0.0697. The Balaban J connectivity index is 2.83. The lowest BCUT2D eigenvalue weighted by Crippen LogP contribution is -1.98. The second kappa shape index (κ2) is 3.28. The Morgan fingerprint density at radius 2 is 2.07 bits per heavy atom. The van der Waals surface area contributed by atoms with Crippen LogP contribution in [0.4, 0.5) is 0 Å². The average Bonchev–Trinajstić information content (AvgIpc) is 2.41. The maximum Gasteiger partial charge on any atom is 0.337 e. The molecular formula is C11H10ClNO2. The molecule has 0 radical (unpaired) electrons. The maximum absolute atomic E-state index is 10.9. The minimum absolute atomic E-state index is 0.144. The van der Waals surface area contributed by atoms with E-state index < -0.39 is 5.97 Å². The summed E-state index contributed by atoms with van der Waals surface area (Å²) in [6.45, 7) is 1.97. The van der Waals surface area contributed by atoms with Crippen molar-refractivity contribution >= 4 is 28.5 Å². The Morgan fingerprint density at radius 1 is 1.40 bits per heavy atom. The molecule has 1 aromatic carbocycles. The van der Waals surface area contributed by atoms with Gasteiger partial charge in [0.1, 0.15) is 0 Å². The van der Waals surface area contributed by atoms with E-state index in [1.54, 1.807) is 12.1 Å². The van der Waals surface area contributed by atoms with Gasteiger partial charge in [0.15, 0.2) is 0 Å². The molecule has 1 heterocycles. The summed E-state index contributed by atoms with van der Waals surface area (Å²) >= 11 is 5.87. The van der Waals surface area contributed by atoms with Crippen molar-refractivity contribution in [3.8, 4) is 0 Å². The van der Waals surface area contributed by atoms with Gasteiger partial charge >= 0.3 is 5.97 Å². The number of aryl methyl sites for hydroxylation is 2. The molecule has 15 heavy (non-hydrogen) atoms. The molecule has 0 saturated carbocycles. The molecule has 2 aromatic rings. The van der Waals surface area contributed by atoms with Gasteiger partial charge in [-0.1, -0.05) is 11.6 Å². The van der Waals surface area contributed by atoms with Crippen molar-refractivity contribution in [2.45, 2.75) is 6.92 Å². The van der Waals surface area contributed by atoms with Crippen molar-refractivity contribution in [2.24, 2.45) is 7.05 Å². The number of fused-ring (bicyclic) bond motifs is 1. The Bertz CT molecular complexity index is 557. The Hall–Kier alpha value is -1.48. The third-order valence-electron chi connectivity index (χ3n) is 2.60. The van der Waals surface area contributed by atoms with Crippen molar-refractivity contribution in [1.82, 2.24) is 4.57 Å². The molecule has 0 spiro atoms. The van der Waals surface area contributed by atoms with Crippen molar-refractivity contribution in [3.63, 3.8) is 0 Å². The smallest absolute Gasteiger partial charge is 0.337 e. The molecule has 4 heteroatoms. The lowest BCUT2D eigenvalue weighted by atomic mass is 10.1. The lowest BCUT2D eigenvalue weighted by Gasteiger charge is -2.02. The first kappa shape index (κ1) is 10.1. The zero-order valence-corrected chi connectivity index (χ0v) is 9.17. The predicted molar refractivity (Wildman–Crippen MR) is 59.6 cm³/mol. The van der Waals surface area contributed by atoms with Crippen molar-refractivity contribution in [3.05, 3.63) is 34.5 Å². The monoisotopic (exact) mass is 223 g/mol. The number of nitrogens with zero attached hydrogens (tertiary/aromatic N) is 1. The first-order chi connectivity index (χ1) is 7.00. The number of carboxylic acids is 1. The van der Waals surface area contributed by atoms with Gasteiger partial charge in [-0.2, -0.15) is 0 Å². The van der Waals surface area contributed by atoms with Crippen LogP contribution in [0.1, 0.15) is 16.1 Å². The van der Waals surface area contributed by atoms with Crippen LogP contribution < -0.4 is 0 Å². The molecule has 78 valence electrons. The van der Waals surface area contributed by atoms with Crippen LogP contribution in [0.15, 0.2) is 18.2 Å². The number of hydrogen-bond donors (Lipinski definition) is 1. The molecule has 0 amide bonds. The number of halogens is 1. The van der Waals surface area contributed by atoms with Gasteiger partial charge in [-0.3, -0.25) is 0 Å². The first-order valence-electron chi connectivity index (χ1n) is 4.49. The Morgan fingerprint density at radius 3 is 2.67 bits per heavy atom. The first-order valence-corrected chi connectivity index (χ1v) is 4.87. The molecule has 0 bridgehead atoms. The van der Waals surface area contributed by atoms with Gasteiger partial charge < -0.3 is 9.67 Å². The molecule has 0 unspecified atom stereocenters. The highest BCUT2D eigenvalue weighted by Crippen LogP contribution is 2.26. The van der Waals surface area contributed by atoms with Gasteiger partial charge in [-0.25, -0.2) is 4.79 Å². The van der Waals surface area contributed by atoms with E-state index in [4.69, 9.17) is 16.7 Å². The van der Waals surface area contributed by atoms with Gasteiger partial charge in [0.2, 0.25) is 0 Å². The highest BCUT2D eigenvalue weighted by Gasteiger charge is 2.12. The number of hydrogen-bond acceptors (Lipinski definition) is 1. The second-order valence-electron chi connectivity index (χ2n) is 3.54. The van der Waals surface area contributed by atoms with Gasteiger partial charge in [0.05, 0.1) is 10.6 Å². The standard InChI is InChI=1S/C11H10ClNO2/c1-6-3-7-4-9(12)8(11(14)15)5-10(7)13(6)2/h3-5H,1-2H3,(H,14,15). The fourth-order valence-corrected chi connectivity index (χ4v) is 1.91. The van der Waals surface area contributed by atoms with Gasteiger partial charge in [-0.05, 0) is 25.1 Å². The normalized spacial score (nSPS) is 10.9. The highest BCUT2D eigenvalue weighted by atomic mass is 35.5. The molecule has 2 rings (SSSR count). The quantitative estimate of drug-likeness (QED) is 0.808. The van der Waals surface area contributed by atoms with Crippen LogP contribution in [0.2, 0.25) is 5.02 Å². The highest BCUT2D eigenvalue weighted by molar-refractivity contribution is 6.34. The average molecular weight is 224 g/mol. The minimum atomic E-state index is -0.999. The van der Waals surface area contributed by atoms with Crippen molar-refractivity contribution in [2.75, 3.05) is 0 Å². The van der Waals surface area contributed by atoms with Crippen LogP contribution >= 0.6 is 11.6 Å². The van der Waals surface area contributed by atoms with Gasteiger partial charge in [-0.15, -0.1) is 0 Å². The SMILES string of the molecule is Cc1cc2cc(Cl)c(C(=O)O)cc2n1C. The zero-order chi connectivity index (χ0) is 11.2. The summed E-state index contributed by atoms with van der Waals surface area (Å²) in [5, 5.41) is 10.2. The number of carbonyl (C=O) groups is 1. The third kappa shape index (κ3) is 1.49. The van der Waals surface area contributed by atoms with Crippen LogP contribution in [0.25, 0.3) is 10.9 Å². The second-order valence-corrected chi connectivity index (χ2v) is 3.95. The predicted octanol–water partition coefficient (Wildman–Crippen LogP) is 2.84. The number of rotatable bonds is 1. The van der Waals surface area contributed by atoms with Gasteiger partial charge in [0, 0.05) is 23.6 Å². The summed E-state index contributed by atoms with van der Waals surface area (Å²) in [5.41, 5.74) is 2.10. The third-order valence-corrected chi connectivity index (χ3v) is 2.91. The van der Waals surface area contributed by atoms with Crippen LogP contribution in [0, 0.1) is 6.92 Å². The zero-order valence-electron chi connectivity index (χ0n) is 8.41. The van der Waals surface area contributed by atoms with Crippen LogP contribution in [0.5, 0.6) is 0 Å². The molecular weight excluding hydrogens is 214 g/mol. The number of aromatic carboxylic acids is 1. The summed E-state index contributed by atoms with van der Waals surface area (Å²) in [5.74, 6) is -0.999. The minimum Gasteiger partial charge on any atom is -0.478 e. The maximum atomic E-state index is 10.9. The van der Waals surface area contributed by atoms with Crippen LogP contribution in [-0.2, 0) is 7.05 Å². The molecule has 0 atom stereocenters. The van der Waals surface area contributed by atoms with Crippen LogP contribution in [0.3, 0.4) is 0 Å². The fourth-order valence-electron chi connectivity index (χ4n) is 1.66. The van der Waals surface area contributed by atoms with E-state index in [1.807, 2.05) is 24.6 Å². The molecule has 3 nitrogen and oxygen atoms in total. The van der Waals surface area contributed by atoms with E-state index in [-0.39, 0.29) is 10.6 Å². The van der Waals surface area contributed by atoms with E-state index >= 15 is 0 Å². The van der Waals surface area contributed by atoms with Gasteiger partial charge in [0.25, 0.3) is 0 Å². The topological polar surface area (TPSA) is 42.2 Å². The van der Waals surface area contributed by atoms with Crippen molar-refractivity contribution in [1.29, 1.82) is 0 Å². The van der Waals surface area contributed by atoms with Crippen LogP contribution in [-0.4, -0.2) is 15.6 Å². The summed E-state index contributed by atoms with van der Waals surface area (Å²) in [6, 6.07) is 5.27. The van der Waals surface area contributed by atoms with Crippen molar-refractivity contribution < 1.29 is 9.90 Å². The largest absolute Gasteiger partial charge is 0.478 e. The molecule has 1 N–H and O–H groups in total. The van der Waals surface area contributed by atoms with E-state index in [0.717, 1.165) is 16.6 Å². The summed E-state index contributed by atoms with van der Waals surface area (Å²) in [7, 11) is 1.90. The van der Waals surface area contributed by atoms with E-state index in [9.17, 15) is 4.79 Å². The van der Waals surface area contributed by atoms with E-state index in [1.165, 1.54) is 0 Å². The van der Waals surface area contributed by atoms with E-state index in [2.05, 4.69) is 0 Å². The molecule has 0 aliphatic carbocycles.